The summed E-state index contributed by atoms with van der Waals surface area (Å²) < 4.78 is 4.56. The van der Waals surface area contributed by atoms with Crippen molar-refractivity contribution in [3.05, 3.63) is 102 Å². The van der Waals surface area contributed by atoms with Gasteiger partial charge in [0.25, 0.3) is 0 Å². The van der Waals surface area contributed by atoms with Gasteiger partial charge in [-0.05, 0) is 43.4 Å². The molecule has 4 heteroatoms. The summed E-state index contributed by atoms with van der Waals surface area (Å²) in [5.41, 5.74) is 2.20. The number of urea groups is 1. The quantitative estimate of drug-likeness (QED) is 0.494. The zero-order valence-corrected chi connectivity index (χ0v) is 17.3. The molecule has 144 valence electrons. The summed E-state index contributed by atoms with van der Waals surface area (Å²) in [5.74, 6) is 0. The van der Waals surface area contributed by atoms with Crippen LogP contribution in [0.2, 0.25) is 0 Å². The molecule has 3 aromatic carbocycles. The van der Waals surface area contributed by atoms with E-state index in [1.54, 1.807) is 0 Å². The fourth-order valence-corrected chi connectivity index (χ4v) is 4.27. The van der Waals surface area contributed by atoms with Gasteiger partial charge in [-0.1, -0.05) is 89.6 Å². The first kappa shape index (κ1) is 20.0. The van der Waals surface area contributed by atoms with Gasteiger partial charge in [0.15, 0.2) is 0 Å². The first-order valence-electron chi connectivity index (χ1n) is 9.43. The second-order valence-electron chi connectivity index (χ2n) is 6.75. The van der Waals surface area contributed by atoms with Crippen LogP contribution < -0.4 is 0 Å². The van der Waals surface area contributed by atoms with Crippen LogP contribution in [-0.2, 0) is 10.7 Å². The van der Waals surface area contributed by atoms with Crippen molar-refractivity contribution in [1.29, 1.82) is 0 Å². The highest BCUT2D eigenvalue weighted by atomic mass is 32.2. The standard InChI is InChI=1S/C24H26N2OS/c1-19(21-13-7-4-8-14-21)26(20(2)22-15-9-5-10-16-22)24(27)25-28(3)23-17-11-6-12-18-23/h4-20H,1-3H3/t19-,20-,28-/m1/s1. The summed E-state index contributed by atoms with van der Waals surface area (Å²) in [6, 6.07) is 29.9. The molecule has 0 radical (unpaired) electrons. The van der Waals surface area contributed by atoms with Crippen molar-refractivity contribution in [2.45, 2.75) is 30.8 Å². The van der Waals surface area contributed by atoms with Crippen LogP contribution in [0.15, 0.2) is 100 Å². The van der Waals surface area contributed by atoms with E-state index in [9.17, 15) is 4.79 Å². The highest BCUT2D eigenvalue weighted by Gasteiger charge is 2.27. The van der Waals surface area contributed by atoms with Crippen LogP contribution in [-0.4, -0.2) is 17.2 Å². The Balaban J connectivity index is 1.97. The molecule has 2 amide bonds. The summed E-state index contributed by atoms with van der Waals surface area (Å²) >= 11 is 0. The second-order valence-corrected chi connectivity index (χ2v) is 8.36. The van der Waals surface area contributed by atoms with E-state index in [0.29, 0.717) is 0 Å². The average Bonchev–Trinajstić information content (AvgIpc) is 2.75. The van der Waals surface area contributed by atoms with Gasteiger partial charge in [0, 0.05) is 4.90 Å². The number of hydrogen-bond acceptors (Lipinski definition) is 1. The topological polar surface area (TPSA) is 32.7 Å². The fourth-order valence-electron chi connectivity index (χ4n) is 3.29. The maximum Gasteiger partial charge on any atom is 0.350 e. The molecule has 0 fully saturated rings. The van der Waals surface area contributed by atoms with E-state index >= 15 is 0 Å². The summed E-state index contributed by atoms with van der Waals surface area (Å²) in [6.45, 7) is 4.14. The van der Waals surface area contributed by atoms with Gasteiger partial charge in [-0.2, -0.15) is 4.36 Å². The van der Waals surface area contributed by atoms with E-state index < -0.39 is 10.7 Å². The molecule has 3 aromatic rings. The summed E-state index contributed by atoms with van der Waals surface area (Å²) in [5, 5.41) is 0. The summed E-state index contributed by atoms with van der Waals surface area (Å²) in [4.78, 5) is 16.3. The molecule has 0 aliphatic rings. The maximum atomic E-state index is 13.3. The molecule has 0 bridgehead atoms. The number of carbonyl (C=O) groups is 1. The number of carbonyl (C=O) groups excluding carboxylic acids is 1. The Morgan fingerprint density at radius 1 is 0.750 bits per heavy atom. The van der Waals surface area contributed by atoms with Gasteiger partial charge in [0.1, 0.15) is 0 Å². The van der Waals surface area contributed by atoms with Crippen molar-refractivity contribution in [3.8, 4) is 0 Å². The lowest BCUT2D eigenvalue weighted by Gasteiger charge is -2.34. The zero-order chi connectivity index (χ0) is 19.9. The second kappa shape index (κ2) is 9.47. The Labute approximate surface area is 170 Å². The van der Waals surface area contributed by atoms with E-state index in [0.717, 1.165) is 16.0 Å². The average molecular weight is 391 g/mol. The Bertz CT molecular complexity index is 881. The van der Waals surface area contributed by atoms with Gasteiger partial charge >= 0.3 is 6.03 Å². The Morgan fingerprint density at radius 3 is 1.57 bits per heavy atom. The molecule has 0 heterocycles. The van der Waals surface area contributed by atoms with Crippen LogP contribution in [0.3, 0.4) is 0 Å². The highest BCUT2D eigenvalue weighted by Crippen LogP contribution is 2.31. The Hall–Kier alpha value is -2.72. The van der Waals surface area contributed by atoms with Crippen LogP contribution in [0.5, 0.6) is 0 Å². The first-order valence-corrected chi connectivity index (χ1v) is 11.0. The molecule has 0 unspecified atom stereocenters. The number of rotatable bonds is 5. The zero-order valence-electron chi connectivity index (χ0n) is 16.5. The largest absolute Gasteiger partial charge is 0.350 e. The molecule has 0 saturated heterocycles. The third-order valence-electron chi connectivity index (χ3n) is 4.92. The molecule has 0 aliphatic carbocycles. The minimum atomic E-state index is -0.496. The van der Waals surface area contributed by atoms with E-state index in [-0.39, 0.29) is 18.1 Å². The van der Waals surface area contributed by atoms with Crippen LogP contribution in [0, 0.1) is 0 Å². The molecule has 3 nitrogen and oxygen atoms in total. The fraction of sp³-hybridized carbons (Fsp3) is 0.208. The molecule has 0 aliphatic heterocycles. The van der Waals surface area contributed by atoms with Crippen LogP contribution in [0.1, 0.15) is 37.1 Å². The molecular formula is C24H26N2OS. The molecule has 0 saturated carbocycles. The predicted molar refractivity (Wildman–Crippen MR) is 117 cm³/mol. The number of benzene rings is 3. The lowest BCUT2D eigenvalue weighted by Crippen LogP contribution is -2.34. The minimum Gasteiger partial charge on any atom is -0.309 e. The van der Waals surface area contributed by atoms with Gasteiger partial charge in [-0.25, -0.2) is 4.79 Å². The molecular weight excluding hydrogens is 364 g/mol. The van der Waals surface area contributed by atoms with Gasteiger partial charge < -0.3 is 4.90 Å². The summed E-state index contributed by atoms with van der Waals surface area (Å²) in [6.07, 6.45) is 1.99. The predicted octanol–water partition coefficient (Wildman–Crippen LogP) is 6.42. The molecule has 0 aromatic heterocycles. The Morgan fingerprint density at radius 2 is 1.14 bits per heavy atom. The maximum absolute atomic E-state index is 13.3. The SMILES string of the molecule is C[C@H](c1ccccc1)N(C(=O)/N=[S@](\C)c1ccccc1)[C@H](C)c1ccccc1. The van der Waals surface area contributed by atoms with Crippen LogP contribution >= 0.6 is 0 Å². The minimum absolute atomic E-state index is 0.0829. The first-order chi connectivity index (χ1) is 13.6. The monoisotopic (exact) mass is 390 g/mol. The third-order valence-corrected chi connectivity index (χ3v) is 6.30. The lowest BCUT2D eigenvalue weighted by molar-refractivity contribution is 0.164. The highest BCUT2D eigenvalue weighted by molar-refractivity contribution is 7.86. The van der Waals surface area contributed by atoms with Crippen molar-refractivity contribution in [1.82, 2.24) is 4.90 Å². The molecule has 3 rings (SSSR count). The summed E-state index contributed by atoms with van der Waals surface area (Å²) in [7, 11) is -0.496. The normalized spacial score (nSPS) is 14.2. The molecule has 3 atom stereocenters. The van der Waals surface area contributed by atoms with Crippen molar-refractivity contribution in [3.63, 3.8) is 0 Å². The number of amides is 2. The molecule has 28 heavy (non-hydrogen) atoms. The van der Waals surface area contributed by atoms with Gasteiger partial charge in [-0.15, -0.1) is 0 Å². The van der Waals surface area contributed by atoms with Crippen LogP contribution in [0.25, 0.3) is 0 Å². The van der Waals surface area contributed by atoms with Gasteiger partial charge in [0.2, 0.25) is 0 Å². The molecule has 0 N–H and O–H groups in total. The van der Waals surface area contributed by atoms with E-state index in [1.165, 1.54) is 0 Å². The lowest BCUT2D eigenvalue weighted by atomic mass is 10.0. The third kappa shape index (κ3) is 4.76. The van der Waals surface area contributed by atoms with Gasteiger partial charge in [0.05, 0.1) is 12.1 Å². The molecule has 0 spiro atoms. The number of nitrogens with zero attached hydrogens (tertiary/aromatic N) is 2. The smallest absolute Gasteiger partial charge is 0.309 e. The van der Waals surface area contributed by atoms with E-state index in [1.807, 2.05) is 77.9 Å². The van der Waals surface area contributed by atoms with E-state index in [2.05, 4.69) is 42.5 Å². The Kier molecular flexibility index (Phi) is 6.77. The van der Waals surface area contributed by atoms with Crippen molar-refractivity contribution in [2.75, 3.05) is 6.26 Å². The van der Waals surface area contributed by atoms with Gasteiger partial charge in [-0.3, -0.25) is 0 Å². The number of hydrogen-bond donors (Lipinski definition) is 0. The van der Waals surface area contributed by atoms with Crippen LogP contribution in [0.4, 0.5) is 4.79 Å². The van der Waals surface area contributed by atoms with Crippen molar-refractivity contribution in [2.24, 2.45) is 4.36 Å². The van der Waals surface area contributed by atoms with E-state index in [4.69, 9.17) is 0 Å². The van der Waals surface area contributed by atoms with Crippen molar-refractivity contribution < 1.29 is 4.79 Å². The van der Waals surface area contributed by atoms with Crippen molar-refractivity contribution >= 4 is 16.7 Å².